The van der Waals surface area contributed by atoms with Gasteiger partial charge in [0.25, 0.3) is 0 Å². The number of nitrogens with zero attached hydrogens (tertiary/aromatic N) is 1. The average molecular weight is 682 g/mol. The highest BCUT2D eigenvalue weighted by atomic mass is 16.6. The molecule has 0 aliphatic carbocycles. The van der Waals surface area contributed by atoms with Crippen molar-refractivity contribution in [3.8, 4) is 0 Å². The van der Waals surface area contributed by atoms with Crippen LogP contribution in [-0.4, -0.2) is 75.5 Å². The van der Waals surface area contributed by atoms with Crippen molar-refractivity contribution in [3.63, 3.8) is 0 Å². The zero-order chi connectivity index (χ0) is 35.7. The van der Waals surface area contributed by atoms with E-state index >= 15 is 0 Å². The van der Waals surface area contributed by atoms with E-state index in [-0.39, 0.29) is 42.7 Å². The van der Waals surface area contributed by atoms with E-state index in [2.05, 4.69) is 26.0 Å². The molecule has 0 aliphatic rings. The number of esters is 2. The van der Waals surface area contributed by atoms with Gasteiger partial charge in [-0.25, -0.2) is 0 Å². The average Bonchev–Trinajstić information content (AvgIpc) is 3.03. The van der Waals surface area contributed by atoms with Gasteiger partial charge in [-0.1, -0.05) is 129 Å². The number of carboxylic acids is 1. The van der Waals surface area contributed by atoms with Gasteiger partial charge in [0.05, 0.1) is 40.3 Å². The van der Waals surface area contributed by atoms with Crippen molar-refractivity contribution in [3.05, 3.63) is 12.2 Å². The van der Waals surface area contributed by atoms with E-state index < -0.39 is 18.1 Å². The number of aliphatic carboxylic acids is 1. The fourth-order valence-electron chi connectivity index (χ4n) is 5.77. The summed E-state index contributed by atoms with van der Waals surface area (Å²) in [5.74, 6) is -1.74. The topological polar surface area (TPSA) is 102 Å². The predicted octanol–water partition coefficient (Wildman–Crippen LogP) is 8.63. The maximum atomic E-state index is 12.6. The summed E-state index contributed by atoms with van der Waals surface area (Å²) in [6, 6.07) is -0.721. The molecule has 0 aromatic carbocycles. The summed E-state index contributed by atoms with van der Waals surface area (Å²) in [6.07, 6.45) is 30.8. The van der Waals surface area contributed by atoms with Crippen molar-refractivity contribution in [2.45, 2.75) is 187 Å². The molecule has 2 unspecified atom stereocenters. The number of ether oxygens (including phenoxy) is 3. The van der Waals surface area contributed by atoms with Crippen LogP contribution in [0.15, 0.2) is 12.2 Å². The minimum Gasteiger partial charge on any atom is -0.544 e. The Morgan fingerprint density at radius 2 is 1.04 bits per heavy atom. The standard InChI is InChI=1S/C40H75NO7/c1-6-8-10-12-14-16-18-20-22-24-26-28-30-38(42)47-35-36(34-46-33-32-37(40(44)45)41(3,4)5)48-39(43)31-29-27-25-23-21-19-17-15-13-11-9-7-2/h15,17,36-37H,6-14,16,18-35H2,1-5H3/b17-15+. The lowest BCUT2D eigenvalue weighted by Crippen LogP contribution is -2.55. The van der Waals surface area contributed by atoms with E-state index in [9.17, 15) is 19.5 Å². The molecule has 0 heterocycles. The van der Waals surface area contributed by atoms with Gasteiger partial charge in [0.1, 0.15) is 12.6 Å². The lowest BCUT2D eigenvalue weighted by molar-refractivity contribution is -0.889. The van der Waals surface area contributed by atoms with Gasteiger partial charge in [-0.2, -0.15) is 0 Å². The van der Waals surface area contributed by atoms with Crippen molar-refractivity contribution < 1.29 is 38.2 Å². The van der Waals surface area contributed by atoms with Gasteiger partial charge >= 0.3 is 11.9 Å². The number of rotatable bonds is 35. The number of carboxylic acid groups (broad SMARTS) is 1. The van der Waals surface area contributed by atoms with E-state index in [1.54, 1.807) is 21.1 Å². The van der Waals surface area contributed by atoms with Gasteiger partial charge in [-0.3, -0.25) is 9.59 Å². The van der Waals surface area contributed by atoms with Gasteiger partial charge in [0.2, 0.25) is 0 Å². The van der Waals surface area contributed by atoms with Crippen LogP contribution >= 0.6 is 0 Å². The van der Waals surface area contributed by atoms with Crippen molar-refractivity contribution in [2.24, 2.45) is 0 Å². The number of carbonyl (C=O) groups excluding carboxylic acids is 3. The first-order valence-corrected chi connectivity index (χ1v) is 19.7. The summed E-state index contributed by atoms with van der Waals surface area (Å²) in [5, 5.41) is 11.6. The Hall–Kier alpha value is -1.93. The van der Waals surface area contributed by atoms with Crippen molar-refractivity contribution in [1.82, 2.24) is 0 Å². The molecule has 48 heavy (non-hydrogen) atoms. The van der Waals surface area contributed by atoms with Crippen LogP contribution in [0.4, 0.5) is 0 Å². The number of likely N-dealkylation sites (N-methyl/N-ethyl adjacent to an activating group) is 1. The summed E-state index contributed by atoms with van der Waals surface area (Å²) in [7, 11) is 5.40. The first kappa shape index (κ1) is 46.1. The Balaban J connectivity index is 4.41. The lowest BCUT2D eigenvalue weighted by atomic mass is 10.0. The van der Waals surface area contributed by atoms with Crippen molar-refractivity contribution >= 4 is 17.9 Å². The van der Waals surface area contributed by atoms with Gasteiger partial charge in [0, 0.05) is 19.3 Å². The van der Waals surface area contributed by atoms with Crippen LogP contribution in [0.1, 0.15) is 174 Å². The third-order valence-electron chi connectivity index (χ3n) is 8.90. The van der Waals surface area contributed by atoms with Crippen LogP contribution in [0, 0.1) is 0 Å². The Bertz CT molecular complexity index is 808. The molecule has 0 N–H and O–H groups in total. The molecule has 0 amide bonds. The number of hydrogen-bond acceptors (Lipinski definition) is 7. The van der Waals surface area contributed by atoms with Gasteiger partial charge in [-0.05, 0) is 38.5 Å². The molecular formula is C40H75NO7. The predicted molar refractivity (Wildman–Crippen MR) is 194 cm³/mol. The van der Waals surface area contributed by atoms with E-state index in [0.717, 1.165) is 51.4 Å². The van der Waals surface area contributed by atoms with E-state index in [1.165, 1.54) is 89.9 Å². The van der Waals surface area contributed by atoms with E-state index in [0.29, 0.717) is 12.8 Å². The number of quaternary nitrogens is 1. The van der Waals surface area contributed by atoms with Crippen LogP contribution < -0.4 is 5.11 Å². The van der Waals surface area contributed by atoms with Crippen LogP contribution in [0.2, 0.25) is 0 Å². The molecule has 0 saturated heterocycles. The van der Waals surface area contributed by atoms with E-state index in [1.807, 2.05) is 0 Å². The number of unbranched alkanes of at least 4 members (excludes halogenated alkanes) is 19. The lowest BCUT2D eigenvalue weighted by Gasteiger charge is -2.34. The van der Waals surface area contributed by atoms with E-state index in [4.69, 9.17) is 14.2 Å². The van der Waals surface area contributed by atoms with Gasteiger partial charge in [-0.15, -0.1) is 0 Å². The van der Waals surface area contributed by atoms with Crippen molar-refractivity contribution in [2.75, 3.05) is 41.0 Å². The Labute approximate surface area is 295 Å². The summed E-state index contributed by atoms with van der Waals surface area (Å²) in [5.41, 5.74) is 0. The molecule has 0 spiro atoms. The quantitative estimate of drug-likeness (QED) is 0.0286. The maximum Gasteiger partial charge on any atom is 0.306 e. The fraction of sp³-hybridized carbons (Fsp3) is 0.875. The third kappa shape index (κ3) is 30.2. The van der Waals surface area contributed by atoms with Crippen LogP contribution in [-0.2, 0) is 28.6 Å². The Kier molecular flexibility index (Phi) is 31.0. The summed E-state index contributed by atoms with van der Waals surface area (Å²) in [6.45, 7) is 4.62. The SMILES string of the molecule is CCCCC/C=C/CCCCCCCC(=O)OC(COCCC(C(=O)[O-])[N+](C)(C)C)COC(=O)CCCCCCCCCCCCCC. The molecule has 8 nitrogen and oxygen atoms in total. The third-order valence-corrected chi connectivity index (χ3v) is 8.90. The highest BCUT2D eigenvalue weighted by molar-refractivity contribution is 5.70. The van der Waals surface area contributed by atoms with Crippen LogP contribution in [0.5, 0.6) is 0 Å². The molecule has 0 bridgehead atoms. The van der Waals surface area contributed by atoms with Gasteiger partial charge < -0.3 is 28.6 Å². The molecule has 0 aromatic rings. The summed E-state index contributed by atoms with van der Waals surface area (Å²) < 4.78 is 17.1. The molecule has 0 aromatic heterocycles. The minimum absolute atomic E-state index is 0.0422. The largest absolute Gasteiger partial charge is 0.544 e. The van der Waals surface area contributed by atoms with Crippen molar-refractivity contribution in [1.29, 1.82) is 0 Å². The Morgan fingerprint density at radius 3 is 1.54 bits per heavy atom. The molecule has 0 aliphatic heterocycles. The maximum absolute atomic E-state index is 12.6. The van der Waals surface area contributed by atoms with Crippen LogP contribution in [0.3, 0.4) is 0 Å². The second-order valence-corrected chi connectivity index (χ2v) is 14.5. The highest BCUT2D eigenvalue weighted by Crippen LogP contribution is 2.14. The smallest absolute Gasteiger partial charge is 0.306 e. The first-order valence-electron chi connectivity index (χ1n) is 19.7. The number of hydrogen-bond donors (Lipinski definition) is 0. The second-order valence-electron chi connectivity index (χ2n) is 14.5. The molecule has 0 radical (unpaired) electrons. The molecule has 8 heteroatoms. The monoisotopic (exact) mass is 682 g/mol. The number of carbonyl (C=O) groups is 3. The minimum atomic E-state index is -1.13. The Morgan fingerprint density at radius 1 is 0.604 bits per heavy atom. The zero-order valence-electron chi connectivity index (χ0n) is 31.9. The molecular weight excluding hydrogens is 606 g/mol. The number of allylic oxidation sites excluding steroid dienone is 2. The molecule has 0 saturated carbocycles. The molecule has 282 valence electrons. The molecule has 0 fully saturated rings. The summed E-state index contributed by atoms with van der Waals surface area (Å²) >= 11 is 0. The van der Waals surface area contributed by atoms with Crippen LogP contribution in [0.25, 0.3) is 0 Å². The second kappa shape index (κ2) is 32.3. The summed E-state index contributed by atoms with van der Waals surface area (Å²) in [4.78, 5) is 36.6. The fourth-order valence-corrected chi connectivity index (χ4v) is 5.77. The normalized spacial score (nSPS) is 13.1. The molecule has 0 rings (SSSR count). The van der Waals surface area contributed by atoms with Gasteiger partial charge in [0.15, 0.2) is 6.10 Å². The first-order chi connectivity index (χ1) is 23.1. The highest BCUT2D eigenvalue weighted by Gasteiger charge is 2.25. The molecule has 2 atom stereocenters. The zero-order valence-corrected chi connectivity index (χ0v) is 31.9.